The molecular formula is C22H27N2O7S-. The molecule has 174 valence electrons. The van der Waals surface area contributed by atoms with Gasteiger partial charge in [0, 0.05) is 20.2 Å². The van der Waals surface area contributed by atoms with Crippen molar-refractivity contribution in [2.24, 2.45) is 0 Å². The van der Waals surface area contributed by atoms with Gasteiger partial charge >= 0.3 is 0 Å². The maximum absolute atomic E-state index is 13.0. The highest BCUT2D eigenvalue weighted by atomic mass is 32.2. The van der Waals surface area contributed by atoms with Crippen molar-refractivity contribution in [2.75, 3.05) is 45.4 Å². The van der Waals surface area contributed by atoms with Gasteiger partial charge in [-0.15, -0.1) is 0 Å². The number of amides is 1. The van der Waals surface area contributed by atoms with Crippen molar-refractivity contribution < 1.29 is 32.0 Å². The fourth-order valence-corrected chi connectivity index (χ4v) is 4.41. The van der Waals surface area contributed by atoms with Crippen LogP contribution in [0.25, 0.3) is 0 Å². The lowest BCUT2D eigenvalue weighted by Gasteiger charge is -2.42. The summed E-state index contributed by atoms with van der Waals surface area (Å²) in [5, 5.41) is 0. The van der Waals surface area contributed by atoms with Crippen LogP contribution in [-0.2, 0) is 25.3 Å². The molecule has 2 aromatic rings. The number of methoxy groups -OCH3 is 2. The fraction of sp³-hybridized carbons (Fsp3) is 0.409. The van der Waals surface area contributed by atoms with Gasteiger partial charge in [0.2, 0.25) is 5.91 Å². The van der Waals surface area contributed by atoms with Crippen molar-refractivity contribution in [2.45, 2.75) is 18.3 Å². The first kappa shape index (κ1) is 23.8. The molecular weight excluding hydrogens is 436 g/mol. The van der Waals surface area contributed by atoms with Gasteiger partial charge in [-0.05, 0) is 42.7 Å². The topological polar surface area (TPSA) is 117 Å². The Bertz CT molecular complexity index is 1030. The standard InChI is InChI=1S/C22H28N2O7S/c1-29-14-15-31-20-9-4-3-8-19(20)24-12-10-22(11-13-24,21(25)23-32(26,27)28)17-6-5-7-18(16-17)30-2/h3-9,16H,10-15H2,1-2H3,(H,23,25)(H,26,27,28)/p-1. The van der Waals surface area contributed by atoms with Crippen LogP contribution in [0.15, 0.2) is 48.5 Å². The van der Waals surface area contributed by atoms with Crippen molar-refractivity contribution in [3.05, 3.63) is 54.1 Å². The van der Waals surface area contributed by atoms with Crippen molar-refractivity contribution in [1.82, 2.24) is 4.72 Å². The van der Waals surface area contributed by atoms with Gasteiger partial charge in [-0.25, -0.2) is 8.42 Å². The molecule has 32 heavy (non-hydrogen) atoms. The molecule has 9 nitrogen and oxygen atoms in total. The summed E-state index contributed by atoms with van der Waals surface area (Å²) < 4.78 is 51.7. The molecule has 0 saturated carbocycles. The van der Waals surface area contributed by atoms with Crippen molar-refractivity contribution in [3.63, 3.8) is 0 Å². The minimum absolute atomic E-state index is 0.300. The van der Waals surface area contributed by atoms with E-state index in [0.29, 0.717) is 56.2 Å². The summed E-state index contributed by atoms with van der Waals surface area (Å²) in [5.41, 5.74) is 0.288. The smallest absolute Gasteiger partial charge is 0.243 e. The zero-order chi connectivity index (χ0) is 23.2. The van der Waals surface area contributed by atoms with E-state index in [0.717, 1.165) is 5.69 Å². The second-order valence-corrected chi connectivity index (χ2v) is 8.61. The zero-order valence-electron chi connectivity index (χ0n) is 18.1. The molecule has 1 aliphatic rings. The van der Waals surface area contributed by atoms with Crippen LogP contribution in [0.4, 0.5) is 5.69 Å². The van der Waals surface area contributed by atoms with E-state index in [9.17, 15) is 17.8 Å². The molecule has 0 atom stereocenters. The summed E-state index contributed by atoms with van der Waals surface area (Å²) in [4.78, 5) is 15.1. The van der Waals surface area contributed by atoms with Crippen molar-refractivity contribution in [3.8, 4) is 11.5 Å². The van der Waals surface area contributed by atoms with Crippen LogP contribution in [0.5, 0.6) is 11.5 Å². The molecule has 1 saturated heterocycles. The number of nitrogens with zero attached hydrogens (tertiary/aromatic N) is 1. The predicted octanol–water partition coefficient (Wildman–Crippen LogP) is 1.83. The van der Waals surface area contributed by atoms with Crippen molar-refractivity contribution in [1.29, 1.82) is 0 Å². The van der Waals surface area contributed by atoms with Crippen LogP contribution in [0, 0.1) is 0 Å². The molecule has 1 fully saturated rings. The van der Waals surface area contributed by atoms with Crippen LogP contribution in [0.1, 0.15) is 18.4 Å². The lowest BCUT2D eigenvalue weighted by Crippen LogP contribution is -2.53. The molecule has 0 aromatic heterocycles. The molecule has 1 aliphatic heterocycles. The first-order valence-corrected chi connectivity index (χ1v) is 11.6. The summed E-state index contributed by atoms with van der Waals surface area (Å²) in [6, 6.07) is 14.5. The minimum Gasteiger partial charge on any atom is -0.731 e. The molecule has 0 bridgehead atoms. The summed E-state index contributed by atoms with van der Waals surface area (Å²) >= 11 is 0. The van der Waals surface area contributed by atoms with Gasteiger partial charge in [-0.3, -0.25) is 9.52 Å². The van der Waals surface area contributed by atoms with E-state index in [2.05, 4.69) is 4.90 Å². The molecule has 0 unspecified atom stereocenters. The van der Waals surface area contributed by atoms with Crippen LogP contribution in [-0.4, -0.2) is 59.4 Å². The van der Waals surface area contributed by atoms with E-state index in [-0.39, 0.29) is 0 Å². The first-order valence-electron chi connectivity index (χ1n) is 10.2. The molecule has 1 heterocycles. The number of benzene rings is 2. The Hall–Kier alpha value is -2.82. The Morgan fingerprint density at radius 1 is 1.09 bits per heavy atom. The summed E-state index contributed by atoms with van der Waals surface area (Å²) in [7, 11) is -1.83. The summed E-state index contributed by atoms with van der Waals surface area (Å²) in [6.45, 7) is 1.76. The molecule has 3 rings (SSSR count). The Kier molecular flexibility index (Phi) is 7.60. The highest BCUT2D eigenvalue weighted by Gasteiger charge is 2.44. The molecule has 2 aromatic carbocycles. The maximum Gasteiger partial charge on any atom is 0.243 e. The Morgan fingerprint density at radius 2 is 1.81 bits per heavy atom. The van der Waals surface area contributed by atoms with E-state index >= 15 is 0 Å². The van der Waals surface area contributed by atoms with Gasteiger partial charge < -0.3 is 23.7 Å². The molecule has 0 spiro atoms. The number of piperidine rings is 1. The average molecular weight is 464 g/mol. The monoisotopic (exact) mass is 463 g/mol. The second kappa shape index (κ2) is 10.2. The Labute approximate surface area is 188 Å². The number of anilines is 1. The first-order chi connectivity index (χ1) is 15.3. The predicted molar refractivity (Wildman–Crippen MR) is 118 cm³/mol. The number of hydrogen-bond donors (Lipinski definition) is 1. The van der Waals surface area contributed by atoms with Crippen molar-refractivity contribution >= 4 is 21.9 Å². The molecule has 1 amide bonds. The van der Waals surface area contributed by atoms with Crippen LogP contribution in [0.3, 0.4) is 0 Å². The minimum atomic E-state index is -4.95. The third-order valence-electron chi connectivity index (χ3n) is 5.64. The van der Waals surface area contributed by atoms with Gasteiger partial charge in [0.1, 0.15) is 18.1 Å². The van der Waals surface area contributed by atoms with Gasteiger partial charge in [-0.1, -0.05) is 24.3 Å². The largest absolute Gasteiger partial charge is 0.731 e. The van der Waals surface area contributed by atoms with E-state index in [1.165, 1.54) is 7.11 Å². The van der Waals surface area contributed by atoms with E-state index in [1.54, 1.807) is 36.1 Å². The number of carbonyl (C=O) groups is 1. The van der Waals surface area contributed by atoms with Crippen LogP contribution < -0.4 is 19.1 Å². The number of ether oxygens (including phenoxy) is 3. The van der Waals surface area contributed by atoms with E-state index < -0.39 is 21.6 Å². The normalized spacial score (nSPS) is 15.8. The third kappa shape index (κ3) is 5.50. The lowest BCUT2D eigenvalue weighted by molar-refractivity contribution is -0.125. The van der Waals surface area contributed by atoms with Gasteiger partial charge in [0.15, 0.2) is 10.3 Å². The van der Waals surface area contributed by atoms with Gasteiger partial charge in [0.05, 0.1) is 24.8 Å². The van der Waals surface area contributed by atoms with E-state index in [4.69, 9.17) is 14.2 Å². The number of rotatable bonds is 9. The van der Waals surface area contributed by atoms with E-state index in [1.807, 2.05) is 24.3 Å². The van der Waals surface area contributed by atoms with Gasteiger partial charge in [-0.2, -0.15) is 0 Å². The molecule has 1 N–H and O–H groups in total. The molecule has 0 aliphatic carbocycles. The van der Waals surface area contributed by atoms with Gasteiger partial charge in [0.25, 0.3) is 0 Å². The number of carbonyl (C=O) groups excluding carboxylic acids is 1. The number of nitrogens with one attached hydrogen (secondary N) is 1. The lowest BCUT2D eigenvalue weighted by atomic mass is 9.72. The Morgan fingerprint density at radius 3 is 2.47 bits per heavy atom. The molecule has 10 heteroatoms. The van der Waals surface area contributed by atoms with Crippen LogP contribution in [0.2, 0.25) is 0 Å². The highest BCUT2D eigenvalue weighted by molar-refractivity contribution is 7.84. The second-order valence-electron chi connectivity index (χ2n) is 7.50. The van der Waals surface area contributed by atoms with Crippen LogP contribution >= 0.6 is 0 Å². The molecule has 0 radical (unpaired) electrons. The number of hydrogen-bond acceptors (Lipinski definition) is 8. The fourth-order valence-electron chi connectivity index (χ4n) is 3.98. The Balaban J connectivity index is 1.88. The number of para-hydroxylation sites is 2. The quantitative estimate of drug-likeness (QED) is 0.442. The highest BCUT2D eigenvalue weighted by Crippen LogP contribution is 2.40. The zero-order valence-corrected chi connectivity index (χ0v) is 18.9. The average Bonchev–Trinajstić information content (AvgIpc) is 2.78. The summed E-state index contributed by atoms with van der Waals surface area (Å²) in [6.07, 6.45) is 0.599. The summed E-state index contributed by atoms with van der Waals surface area (Å²) in [5.74, 6) is 0.411. The SMILES string of the molecule is COCCOc1ccccc1N1CCC(C(=O)NS(=O)(=O)[O-])(c2cccc(OC)c2)CC1. The maximum atomic E-state index is 13.0. The third-order valence-corrected chi connectivity index (χ3v) is 6.08.